The lowest BCUT2D eigenvalue weighted by Crippen LogP contribution is -2.35. The molecule has 8 heteroatoms. The first-order valence-electron chi connectivity index (χ1n) is 10.5. The number of hydrogen-bond acceptors (Lipinski definition) is 5. The van der Waals surface area contributed by atoms with Gasteiger partial charge in [-0.25, -0.2) is 13.4 Å². The van der Waals surface area contributed by atoms with Crippen LogP contribution in [0, 0.1) is 0 Å². The Balaban J connectivity index is 1.38. The van der Waals surface area contributed by atoms with Crippen molar-refractivity contribution in [3.8, 4) is 0 Å². The minimum Gasteiger partial charge on any atom is -0.348 e. The van der Waals surface area contributed by atoms with Crippen molar-refractivity contribution >= 4 is 27.7 Å². The first-order valence-corrected chi connectivity index (χ1v) is 12.8. The van der Waals surface area contributed by atoms with E-state index < -0.39 is 10.0 Å². The van der Waals surface area contributed by atoms with Gasteiger partial charge in [0, 0.05) is 19.3 Å². The molecule has 1 N–H and O–H groups in total. The Bertz CT molecular complexity index is 1000. The zero-order chi connectivity index (χ0) is 21.1. The van der Waals surface area contributed by atoms with Gasteiger partial charge in [-0.3, -0.25) is 4.79 Å². The summed E-state index contributed by atoms with van der Waals surface area (Å²) in [6.45, 7) is 2.99. The number of hydrogen-bond donors (Lipinski definition) is 1. The molecule has 1 aromatic heterocycles. The number of carbonyl (C=O) groups excluding carboxylic acids is 1. The summed E-state index contributed by atoms with van der Waals surface area (Å²) in [6, 6.07) is 11.6. The zero-order valence-electron chi connectivity index (χ0n) is 17.1. The van der Waals surface area contributed by atoms with E-state index in [9.17, 15) is 13.2 Å². The van der Waals surface area contributed by atoms with Gasteiger partial charge in [-0.05, 0) is 62.3 Å². The number of pyridine rings is 1. The van der Waals surface area contributed by atoms with E-state index in [1.54, 1.807) is 12.1 Å². The normalized spacial score (nSPS) is 20.5. The second kappa shape index (κ2) is 9.08. The number of nitrogens with zero attached hydrogens (tertiary/aromatic N) is 2. The van der Waals surface area contributed by atoms with Crippen LogP contribution in [0.1, 0.15) is 49.8 Å². The monoisotopic (exact) mass is 445 g/mol. The minimum atomic E-state index is -3.47. The van der Waals surface area contributed by atoms with Gasteiger partial charge in [0.1, 0.15) is 4.90 Å². The fraction of sp³-hybridized carbons (Fsp3) is 0.455. The fourth-order valence-electron chi connectivity index (χ4n) is 4.09. The summed E-state index contributed by atoms with van der Waals surface area (Å²) < 4.78 is 26.7. The molecular weight excluding hydrogens is 418 g/mol. The third-order valence-electron chi connectivity index (χ3n) is 5.76. The van der Waals surface area contributed by atoms with Crippen LogP contribution in [0.5, 0.6) is 0 Å². The Hall–Kier alpha value is -1.90. The van der Waals surface area contributed by atoms with Gasteiger partial charge in [0.05, 0.1) is 16.3 Å². The number of amides is 1. The number of fused-ring (bicyclic) bond motifs is 1. The van der Waals surface area contributed by atoms with Crippen LogP contribution in [0.25, 0.3) is 0 Å². The third kappa shape index (κ3) is 4.55. The summed E-state index contributed by atoms with van der Waals surface area (Å²) in [5.41, 5.74) is 2.52. The zero-order valence-corrected chi connectivity index (χ0v) is 18.7. The van der Waals surface area contributed by atoms with Crippen LogP contribution in [0.2, 0.25) is 0 Å². The lowest BCUT2D eigenvalue weighted by atomic mass is 9.88. The van der Waals surface area contributed by atoms with Gasteiger partial charge in [0.2, 0.25) is 15.9 Å². The predicted molar refractivity (Wildman–Crippen MR) is 118 cm³/mol. The van der Waals surface area contributed by atoms with Crippen LogP contribution in [0.15, 0.2) is 52.5 Å². The molecule has 0 radical (unpaired) electrons. The summed E-state index contributed by atoms with van der Waals surface area (Å²) >= 11 is 1.34. The number of aryl methyl sites for hydroxylation is 1. The van der Waals surface area contributed by atoms with E-state index in [1.807, 2.05) is 19.1 Å². The number of aromatic nitrogens is 1. The largest absolute Gasteiger partial charge is 0.348 e. The summed E-state index contributed by atoms with van der Waals surface area (Å²) in [5, 5.41) is 3.49. The molecule has 1 fully saturated rings. The number of sulfonamides is 1. The van der Waals surface area contributed by atoms with Crippen LogP contribution in [-0.2, 0) is 21.2 Å². The van der Waals surface area contributed by atoms with Gasteiger partial charge in [0.25, 0.3) is 0 Å². The molecule has 1 aliphatic heterocycles. The van der Waals surface area contributed by atoms with Gasteiger partial charge in [0.15, 0.2) is 0 Å². The topological polar surface area (TPSA) is 79.4 Å². The van der Waals surface area contributed by atoms with E-state index in [4.69, 9.17) is 0 Å². The number of rotatable bonds is 6. The SMILES string of the molecule is C[C@@H](Sc1ccc(S(=O)(=O)N2CCCC2)cn1)C(=O)N[C@H]1CCCc2ccccc21. The second-order valence-corrected chi connectivity index (χ2v) is 11.2. The van der Waals surface area contributed by atoms with Crippen molar-refractivity contribution in [1.82, 2.24) is 14.6 Å². The van der Waals surface area contributed by atoms with Crippen molar-refractivity contribution in [3.05, 3.63) is 53.7 Å². The highest BCUT2D eigenvalue weighted by Crippen LogP contribution is 2.30. The molecule has 6 nitrogen and oxygen atoms in total. The smallest absolute Gasteiger partial charge is 0.244 e. The molecule has 1 amide bonds. The van der Waals surface area contributed by atoms with Crippen LogP contribution in [0.4, 0.5) is 0 Å². The highest BCUT2D eigenvalue weighted by atomic mass is 32.2. The molecule has 2 heterocycles. The Morgan fingerprint density at radius 3 is 2.67 bits per heavy atom. The highest BCUT2D eigenvalue weighted by molar-refractivity contribution is 8.00. The average Bonchev–Trinajstić information content (AvgIpc) is 3.30. The summed E-state index contributed by atoms with van der Waals surface area (Å²) in [4.78, 5) is 17.3. The molecule has 2 aromatic rings. The number of benzene rings is 1. The van der Waals surface area contributed by atoms with Gasteiger partial charge in [-0.1, -0.05) is 36.0 Å². The second-order valence-electron chi connectivity index (χ2n) is 7.86. The van der Waals surface area contributed by atoms with Crippen LogP contribution >= 0.6 is 11.8 Å². The van der Waals surface area contributed by atoms with Crippen molar-refractivity contribution in [2.24, 2.45) is 0 Å². The number of carbonyl (C=O) groups is 1. The van der Waals surface area contributed by atoms with Crippen molar-refractivity contribution in [2.75, 3.05) is 13.1 Å². The molecule has 2 atom stereocenters. The van der Waals surface area contributed by atoms with E-state index in [1.165, 1.54) is 33.4 Å². The summed E-state index contributed by atoms with van der Waals surface area (Å²) in [5.74, 6) is -0.0303. The van der Waals surface area contributed by atoms with Gasteiger partial charge in [-0.2, -0.15) is 4.31 Å². The van der Waals surface area contributed by atoms with Crippen molar-refractivity contribution in [2.45, 2.75) is 60.2 Å². The standard InChI is InChI=1S/C22H27N3O3S2/c1-16(22(26)24-20-10-6-8-17-7-2-3-9-19(17)20)29-21-12-11-18(15-23-21)30(27,28)25-13-4-5-14-25/h2-3,7,9,11-12,15-16,20H,4-6,8,10,13-14H2,1H3,(H,24,26)/t16-,20+/m1/s1. The van der Waals surface area contributed by atoms with Gasteiger partial charge >= 0.3 is 0 Å². The fourth-order valence-corrected chi connectivity index (χ4v) is 6.35. The van der Waals surface area contributed by atoms with E-state index in [0.717, 1.165) is 32.1 Å². The average molecular weight is 446 g/mol. The van der Waals surface area contributed by atoms with Gasteiger partial charge < -0.3 is 5.32 Å². The molecule has 0 unspecified atom stereocenters. The molecule has 1 aliphatic carbocycles. The molecular formula is C22H27N3O3S2. The Morgan fingerprint density at radius 1 is 1.17 bits per heavy atom. The maximum Gasteiger partial charge on any atom is 0.244 e. The van der Waals surface area contributed by atoms with Crippen LogP contribution in [0.3, 0.4) is 0 Å². The van der Waals surface area contributed by atoms with Crippen LogP contribution < -0.4 is 5.32 Å². The van der Waals surface area contributed by atoms with E-state index in [0.29, 0.717) is 18.1 Å². The molecule has 0 spiro atoms. The summed E-state index contributed by atoms with van der Waals surface area (Å²) in [6.07, 6.45) is 6.28. The Labute approximate surface area is 182 Å². The molecule has 160 valence electrons. The molecule has 30 heavy (non-hydrogen) atoms. The first kappa shape index (κ1) is 21.3. The number of nitrogens with one attached hydrogen (secondary N) is 1. The lowest BCUT2D eigenvalue weighted by molar-refractivity contribution is -0.121. The molecule has 1 saturated heterocycles. The van der Waals surface area contributed by atoms with Crippen LogP contribution in [-0.4, -0.2) is 42.0 Å². The summed E-state index contributed by atoms with van der Waals surface area (Å²) in [7, 11) is -3.47. The van der Waals surface area contributed by atoms with Gasteiger partial charge in [-0.15, -0.1) is 0 Å². The van der Waals surface area contributed by atoms with Crippen molar-refractivity contribution in [3.63, 3.8) is 0 Å². The van der Waals surface area contributed by atoms with E-state index in [2.05, 4.69) is 22.4 Å². The van der Waals surface area contributed by atoms with Crippen molar-refractivity contribution < 1.29 is 13.2 Å². The highest BCUT2D eigenvalue weighted by Gasteiger charge is 2.28. The number of thioether (sulfide) groups is 1. The first-order chi connectivity index (χ1) is 14.4. The maximum absolute atomic E-state index is 12.8. The molecule has 0 bridgehead atoms. The predicted octanol–water partition coefficient (Wildman–Crippen LogP) is 3.54. The molecule has 0 saturated carbocycles. The molecule has 4 rings (SSSR count). The third-order valence-corrected chi connectivity index (χ3v) is 8.70. The quantitative estimate of drug-likeness (QED) is 0.688. The molecule has 2 aliphatic rings. The van der Waals surface area contributed by atoms with E-state index in [-0.39, 0.29) is 22.1 Å². The minimum absolute atomic E-state index is 0.0303. The maximum atomic E-state index is 12.8. The lowest BCUT2D eigenvalue weighted by Gasteiger charge is -2.27. The Kier molecular flexibility index (Phi) is 6.46. The molecule has 1 aromatic carbocycles. The van der Waals surface area contributed by atoms with Crippen molar-refractivity contribution in [1.29, 1.82) is 0 Å². The van der Waals surface area contributed by atoms with E-state index >= 15 is 0 Å². The Morgan fingerprint density at radius 2 is 1.93 bits per heavy atom.